The minimum Gasteiger partial charge on any atom is -0.445 e. The quantitative estimate of drug-likeness (QED) is 0.664. The van der Waals surface area contributed by atoms with Crippen molar-refractivity contribution in [3.63, 3.8) is 0 Å². The number of carbonyl (C=O) groups is 2. The summed E-state index contributed by atoms with van der Waals surface area (Å²) in [5.74, 6) is 0.406. The SMILES string of the molecule is Cc1nc(NC(=O)C(C)NC(=O)OCc2ccccc2)sc1-c1nccn1C. The summed E-state index contributed by atoms with van der Waals surface area (Å²) in [6, 6.07) is 8.55. The highest BCUT2D eigenvalue weighted by molar-refractivity contribution is 7.19. The van der Waals surface area contributed by atoms with Crippen LogP contribution in [0.4, 0.5) is 9.93 Å². The highest BCUT2D eigenvalue weighted by atomic mass is 32.1. The zero-order valence-corrected chi connectivity index (χ0v) is 16.6. The van der Waals surface area contributed by atoms with Gasteiger partial charge in [0, 0.05) is 19.4 Å². The molecular formula is C19H21N5O3S. The average Bonchev–Trinajstić information content (AvgIpc) is 3.25. The van der Waals surface area contributed by atoms with Gasteiger partial charge in [0.1, 0.15) is 12.6 Å². The van der Waals surface area contributed by atoms with Gasteiger partial charge in [-0.3, -0.25) is 4.79 Å². The lowest BCUT2D eigenvalue weighted by molar-refractivity contribution is -0.117. The van der Waals surface area contributed by atoms with Gasteiger partial charge in [-0.25, -0.2) is 14.8 Å². The van der Waals surface area contributed by atoms with E-state index in [1.54, 1.807) is 13.1 Å². The maximum absolute atomic E-state index is 12.4. The molecule has 0 saturated heterocycles. The van der Waals surface area contributed by atoms with Crippen LogP contribution in [0.1, 0.15) is 18.2 Å². The molecule has 146 valence electrons. The number of nitrogens with one attached hydrogen (secondary N) is 2. The van der Waals surface area contributed by atoms with Crippen molar-refractivity contribution in [1.29, 1.82) is 0 Å². The van der Waals surface area contributed by atoms with Gasteiger partial charge in [0.25, 0.3) is 0 Å². The third-order valence-electron chi connectivity index (χ3n) is 3.99. The number of benzene rings is 1. The number of aryl methyl sites for hydroxylation is 2. The monoisotopic (exact) mass is 399 g/mol. The van der Waals surface area contributed by atoms with Crippen LogP contribution in [0.5, 0.6) is 0 Å². The molecule has 2 amide bonds. The van der Waals surface area contributed by atoms with Gasteiger partial charge in [-0.1, -0.05) is 41.7 Å². The number of imidazole rings is 1. The van der Waals surface area contributed by atoms with Crippen LogP contribution >= 0.6 is 11.3 Å². The Hall–Kier alpha value is -3.20. The number of amides is 2. The maximum Gasteiger partial charge on any atom is 0.408 e. The summed E-state index contributed by atoms with van der Waals surface area (Å²) in [4.78, 5) is 33.8. The molecule has 2 N–H and O–H groups in total. The van der Waals surface area contributed by atoms with Crippen molar-refractivity contribution in [1.82, 2.24) is 19.9 Å². The van der Waals surface area contributed by atoms with Crippen LogP contribution in [-0.2, 0) is 23.2 Å². The van der Waals surface area contributed by atoms with Crippen LogP contribution in [0.3, 0.4) is 0 Å². The maximum atomic E-state index is 12.4. The van der Waals surface area contributed by atoms with Gasteiger partial charge in [-0.2, -0.15) is 0 Å². The number of anilines is 1. The Kier molecular flexibility index (Phi) is 6.05. The van der Waals surface area contributed by atoms with Crippen molar-refractivity contribution in [3.8, 4) is 10.7 Å². The minimum atomic E-state index is -0.774. The fraction of sp³-hybridized carbons (Fsp3) is 0.263. The summed E-state index contributed by atoms with van der Waals surface area (Å²) in [7, 11) is 1.90. The van der Waals surface area contributed by atoms with Crippen molar-refractivity contribution < 1.29 is 14.3 Å². The van der Waals surface area contributed by atoms with Crippen molar-refractivity contribution in [3.05, 3.63) is 54.0 Å². The number of alkyl carbamates (subject to hydrolysis) is 1. The molecule has 2 aromatic heterocycles. The molecule has 9 heteroatoms. The Morgan fingerprint density at radius 3 is 2.71 bits per heavy atom. The van der Waals surface area contributed by atoms with Gasteiger partial charge in [0.15, 0.2) is 11.0 Å². The van der Waals surface area contributed by atoms with Gasteiger partial charge in [0.2, 0.25) is 5.91 Å². The highest BCUT2D eigenvalue weighted by Gasteiger charge is 2.20. The van der Waals surface area contributed by atoms with E-state index in [0.717, 1.165) is 22.0 Å². The molecule has 0 aliphatic heterocycles. The largest absolute Gasteiger partial charge is 0.445 e. The molecule has 1 atom stereocenters. The predicted molar refractivity (Wildman–Crippen MR) is 107 cm³/mol. The molecule has 3 aromatic rings. The van der Waals surface area contributed by atoms with E-state index in [1.165, 1.54) is 11.3 Å². The fourth-order valence-electron chi connectivity index (χ4n) is 2.46. The normalized spacial score (nSPS) is 11.7. The number of ether oxygens (including phenoxy) is 1. The lowest BCUT2D eigenvalue weighted by Crippen LogP contribution is -2.41. The summed E-state index contributed by atoms with van der Waals surface area (Å²) in [5.41, 5.74) is 1.65. The van der Waals surface area contributed by atoms with E-state index >= 15 is 0 Å². The second kappa shape index (κ2) is 8.66. The number of thiazole rings is 1. The molecule has 1 unspecified atom stereocenters. The third-order valence-corrected chi connectivity index (χ3v) is 5.06. The van der Waals surface area contributed by atoms with Crippen molar-refractivity contribution in [2.75, 3.05) is 5.32 Å². The second-order valence-electron chi connectivity index (χ2n) is 6.21. The van der Waals surface area contributed by atoms with E-state index in [4.69, 9.17) is 4.74 Å². The summed E-state index contributed by atoms with van der Waals surface area (Å²) in [6.07, 6.45) is 2.90. The molecule has 2 heterocycles. The number of hydrogen-bond acceptors (Lipinski definition) is 6. The predicted octanol–water partition coefficient (Wildman–Crippen LogP) is 3.11. The first-order valence-corrected chi connectivity index (χ1v) is 9.49. The van der Waals surface area contributed by atoms with Crippen LogP contribution < -0.4 is 10.6 Å². The third kappa shape index (κ3) is 4.74. The van der Waals surface area contributed by atoms with E-state index in [-0.39, 0.29) is 12.5 Å². The molecule has 8 nitrogen and oxygen atoms in total. The van der Waals surface area contributed by atoms with Crippen LogP contribution in [0.15, 0.2) is 42.7 Å². The number of aromatic nitrogens is 3. The smallest absolute Gasteiger partial charge is 0.408 e. The topological polar surface area (TPSA) is 98.1 Å². The van der Waals surface area contributed by atoms with E-state index in [0.29, 0.717) is 5.13 Å². The van der Waals surface area contributed by atoms with Gasteiger partial charge >= 0.3 is 6.09 Å². The van der Waals surface area contributed by atoms with Gasteiger partial charge < -0.3 is 19.9 Å². The second-order valence-corrected chi connectivity index (χ2v) is 7.21. The zero-order valence-electron chi connectivity index (χ0n) is 15.8. The first-order valence-electron chi connectivity index (χ1n) is 8.67. The molecule has 0 radical (unpaired) electrons. The number of rotatable bonds is 6. The molecule has 28 heavy (non-hydrogen) atoms. The highest BCUT2D eigenvalue weighted by Crippen LogP contribution is 2.31. The Balaban J connectivity index is 1.54. The van der Waals surface area contributed by atoms with Crippen molar-refractivity contribution >= 4 is 28.5 Å². The molecule has 0 spiro atoms. The Morgan fingerprint density at radius 2 is 2.04 bits per heavy atom. The van der Waals surface area contributed by atoms with Crippen LogP contribution in [0.25, 0.3) is 10.7 Å². The molecule has 3 rings (SSSR count). The minimum absolute atomic E-state index is 0.139. The number of carbonyl (C=O) groups excluding carboxylic acids is 2. The lowest BCUT2D eigenvalue weighted by atomic mass is 10.2. The van der Waals surface area contributed by atoms with Crippen molar-refractivity contribution in [2.24, 2.45) is 7.05 Å². The molecular weight excluding hydrogens is 378 g/mol. The molecule has 0 fully saturated rings. The molecule has 0 saturated carbocycles. The summed E-state index contributed by atoms with van der Waals surface area (Å²) in [5, 5.41) is 5.69. The standard InChI is InChI=1S/C19H21N5O3S/c1-12-15(16-20-9-10-24(16)3)28-18(21-12)23-17(25)13(2)22-19(26)27-11-14-7-5-4-6-8-14/h4-10,13H,11H2,1-3H3,(H,22,26)(H,21,23,25). The molecule has 0 aliphatic carbocycles. The van der Waals surface area contributed by atoms with E-state index in [1.807, 2.05) is 55.1 Å². The van der Waals surface area contributed by atoms with Crippen LogP contribution in [0.2, 0.25) is 0 Å². The van der Waals surface area contributed by atoms with Gasteiger partial charge in [-0.05, 0) is 19.4 Å². The molecule has 0 aliphatic rings. The summed E-state index contributed by atoms with van der Waals surface area (Å²) in [6.45, 7) is 3.58. The molecule has 0 bridgehead atoms. The van der Waals surface area contributed by atoms with E-state index < -0.39 is 12.1 Å². The van der Waals surface area contributed by atoms with Crippen LogP contribution in [0, 0.1) is 6.92 Å². The fourth-order valence-corrected chi connectivity index (χ4v) is 3.47. The molecule has 1 aromatic carbocycles. The first-order chi connectivity index (χ1) is 13.4. The number of nitrogens with zero attached hydrogens (tertiary/aromatic N) is 3. The van der Waals surface area contributed by atoms with Crippen LogP contribution in [-0.4, -0.2) is 32.6 Å². The Labute approximate surface area is 166 Å². The summed E-state index contributed by atoms with van der Waals surface area (Å²) >= 11 is 1.33. The average molecular weight is 399 g/mol. The number of hydrogen-bond donors (Lipinski definition) is 2. The zero-order chi connectivity index (χ0) is 20.1. The van der Waals surface area contributed by atoms with Crippen molar-refractivity contribution in [2.45, 2.75) is 26.5 Å². The van der Waals surface area contributed by atoms with Gasteiger partial charge in [0.05, 0.1) is 10.6 Å². The lowest BCUT2D eigenvalue weighted by Gasteiger charge is -2.13. The first kappa shape index (κ1) is 19.6. The Bertz CT molecular complexity index is 967. The summed E-state index contributed by atoms with van der Waals surface area (Å²) < 4.78 is 7.02. The Morgan fingerprint density at radius 1 is 1.29 bits per heavy atom. The van der Waals surface area contributed by atoms with Gasteiger partial charge in [-0.15, -0.1) is 0 Å². The van der Waals surface area contributed by atoms with E-state index in [2.05, 4.69) is 20.6 Å². The van der Waals surface area contributed by atoms with E-state index in [9.17, 15) is 9.59 Å².